The first-order valence-corrected chi connectivity index (χ1v) is 6.85. The smallest absolute Gasteiger partial charge is 0.382 e. The summed E-state index contributed by atoms with van der Waals surface area (Å²) in [6.45, 7) is 1.64. The molecule has 1 aromatic carbocycles. The molecule has 0 spiro atoms. The van der Waals surface area contributed by atoms with Crippen LogP contribution in [0.2, 0.25) is 0 Å². The third kappa shape index (κ3) is 3.86. The number of nitrogens with one attached hydrogen (secondary N) is 1. The summed E-state index contributed by atoms with van der Waals surface area (Å²) >= 11 is 0. The van der Waals surface area contributed by atoms with Crippen LogP contribution in [0.4, 0.5) is 24.5 Å². The number of nitro benzene ring substituents is 1. The fraction of sp³-hybridized carbons (Fsp3) is 0.571. The summed E-state index contributed by atoms with van der Waals surface area (Å²) in [6.07, 6.45) is -2.92. The van der Waals surface area contributed by atoms with Crippen LogP contribution in [0, 0.1) is 23.0 Å². The Hall–Kier alpha value is -1.79. The standard InChI is InChI=1S/C14H17F3N2O2/c1-9-8-12(6-7-13(9)19(20)21)18-11-4-2-10(3-5-11)14(15,16)17/h6-8,10-11,18H,2-5H2,1H3. The van der Waals surface area contributed by atoms with E-state index in [0.717, 1.165) is 0 Å². The van der Waals surface area contributed by atoms with Crippen molar-refractivity contribution in [2.45, 2.75) is 44.8 Å². The molecule has 4 nitrogen and oxygen atoms in total. The molecule has 2 rings (SSSR count). The van der Waals surface area contributed by atoms with Crippen LogP contribution in [0.3, 0.4) is 0 Å². The number of benzene rings is 1. The van der Waals surface area contributed by atoms with Gasteiger partial charge in [0.1, 0.15) is 0 Å². The molecule has 7 heteroatoms. The van der Waals surface area contributed by atoms with Gasteiger partial charge in [-0.05, 0) is 44.7 Å². The van der Waals surface area contributed by atoms with Crippen LogP contribution in [0.15, 0.2) is 18.2 Å². The van der Waals surface area contributed by atoms with Gasteiger partial charge in [-0.25, -0.2) is 0 Å². The van der Waals surface area contributed by atoms with Crippen LogP contribution in [0.1, 0.15) is 31.2 Å². The Bertz CT molecular complexity index is 523. The van der Waals surface area contributed by atoms with E-state index < -0.39 is 17.0 Å². The number of hydrogen-bond donors (Lipinski definition) is 1. The van der Waals surface area contributed by atoms with Gasteiger partial charge in [0, 0.05) is 23.4 Å². The highest BCUT2D eigenvalue weighted by Crippen LogP contribution is 2.38. The van der Waals surface area contributed by atoms with E-state index in [1.54, 1.807) is 19.1 Å². The van der Waals surface area contributed by atoms with Crippen molar-refractivity contribution in [3.63, 3.8) is 0 Å². The predicted octanol–water partition coefficient (Wildman–Crippen LogP) is 4.44. The summed E-state index contributed by atoms with van der Waals surface area (Å²) in [4.78, 5) is 10.3. The lowest BCUT2D eigenvalue weighted by Gasteiger charge is -2.30. The van der Waals surface area contributed by atoms with Gasteiger partial charge in [0.2, 0.25) is 0 Å². The number of hydrogen-bond acceptors (Lipinski definition) is 3. The highest BCUT2D eigenvalue weighted by molar-refractivity contribution is 5.54. The largest absolute Gasteiger partial charge is 0.391 e. The number of rotatable bonds is 3. The van der Waals surface area contributed by atoms with E-state index in [1.807, 2.05) is 0 Å². The van der Waals surface area contributed by atoms with E-state index >= 15 is 0 Å². The van der Waals surface area contributed by atoms with Crippen molar-refractivity contribution < 1.29 is 18.1 Å². The second-order valence-corrected chi connectivity index (χ2v) is 5.49. The van der Waals surface area contributed by atoms with Crippen LogP contribution in [-0.4, -0.2) is 17.1 Å². The van der Waals surface area contributed by atoms with Gasteiger partial charge in [0.15, 0.2) is 0 Å². The minimum Gasteiger partial charge on any atom is -0.382 e. The van der Waals surface area contributed by atoms with Gasteiger partial charge < -0.3 is 5.32 Å². The maximum atomic E-state index is 12.6. The summed E-state index contributed by atoms with van der Waals surface area (Å²) in [6, 6.07) is 4.66. The summed E-state index contributed by atoms with van der Waals surface area (Å²) in [7, 11) is 0. The first-order chi connectivity index (χ1) is 9.77. The normalized spacial score (nSPS) is 22.9. The minimum atomic E-state index is -4.10. The molecule has 0 saturated heterocycles. The van der Waals surface area contributed by atoms with E-state index in [9.17, 15) is 23.3 Å². The molecule has 1 aromatic rings. The molecule has 0 unspecified atom stereocenters. The molecule has 1 fully saturated rings. The van der Waals surface area contributed by atoms with Gasteiger partial charge in [-0.15, -0.1) is 0 Å². The van der Waals surface area contributed by atoms with Gasteiger partial charge in [-0.2, -0.15) is 13.2 Å². The van der Waals surface area contributed by atoms with Gasteiger partial charge in [0.05, 0.1) is 10.8 Å². The van der Waals surface area contributed by atoms with Crippen molar-refractivity contribution in [1.82, 2.24) is 0 Å². The average Bonchev–Trinajstić information content (AvgIpc) is 2.38. The summed E-state index contributed by atoms with van der Waals surface area (Å²) in [5.74, 6) is -1.20. The Morgan fingerprint density at radius 3 is 2.33 bits per heavy atom. The molecular weight excluding hydrogens is 285 g/mol. The van der Waals surface area contributed by atoms with E-state index in [0.29, 0.717) is 24.1 Å². The molecule has 116 valence electrons. The van der Waals surface area contributed by atoms with Crippen molar-refractivity contribution in [3.8, 4) is 0 Å². The molecule has 1 N–H and O–H groups in total. The van der Waals surface area contributed by atoms with E-state index in [4.69, 9.17) is 0 Å². The Balaban J connectivity index is 1.95. The van der Waals surface area contributed by atoms with E-state index in [2.05, 4.69) is 5.32 Å². The quantitative estimate of drug-likeness (QED) is 0.663. The molecule has 0 radical (unpaired) electrons. The maximum Gasteiger partial charge on any atom is 0.391 e. The van der Waals surface area contributed by atoms with Crippen molar-refractivity contribution in [2.75, 3.05) is 5.32 Å². The predicted molar refractivity (Wildman–Crippen MR) is 73.3 cm³/mol. The Labute approximate surface area is 120 Å². The SMILES string of the molecule is Cc1cc(NC2CCC(C(F)(F)F)CC2)ccc1[N+](=O)[O-]. The molecule has 0 bridgehead atoms. The van der Waals surface area contributed by atoms with Gasteiger partial charge in [-0.1, -0.05) is 0 Å². The fourth-order valence-corrected chi connectivity index (χ4v) is 2.75. The Kier molecular flexibility index (Phi) is 4.39. The maximum absolute atomic E-state index is 12.6. The third-order valence-electron chi connectivity index (χ3n) is 3.95. The average molecular weight is 302 g/mol. The molecule has 1 aliphatic carbocycles. The van der Waals surface area contributed by atoms with Crippen LogP contribution < -0.4 is 5.32 Å². The Morgan fingerprint density at radius 2 is 1.86 bits per heavy atom. The molecule has 1 aliphatic rings. The van der Waals surface area contributed by atoms with E-state index in [1.165, 1.54) is 6.07 Å². The van der Waals surface area contributed by atoms with Crippen LogP contribution in [0.25, 0.3) is 0 Å². The number of alkyl halides is 3. The molecule has 0 aliphatic heterocycles. The van der Waals surface area contributed by atoms with Gasteiger partial charge in [0.25, 0.3) is 5.69 Å². The van der Waals surface area contributed by atoms with Crippen molar-refractivity contribution in [2.24, 2.45) is 5.92 Å². The van der Waals surface area contributed by atoms with Gasteiger partial charge >= 0.3 is 6.18 Å². The minimum absolute atomic E-state index is 0.00976. The number of nitrogens with zero attached hydrogens (tertiary/aromatic N) is 1. The Morgan fingerprint density at radius 1 is 1.24 bits per heavy atom. The molecule has 1 saturated carbocycles. The second-order valence-electron chi connectivity index (χ2n) is 5.49. The molecule has 0 aromatic heterocycles. The van der Waals surface area contributed by atoms with Gasteiger partial charge in [-0.3, -0.25) is 10.1 Å². The first-order valence-electron chi connectivity index (χ1n) is 6.85. The third-order valence-corrected chi connectivity index (χ3v) is 3.95. The molecule has 0 amide bonds. The summed E-state index contributed by atoms with van der Waals surface area (Å²) < 4.78 is 37.8. The summed E-state index contributed by atoms with van der Waals surface area (Å²) in [5.41, 5.74) is 1.30. The second kappa shape index (κ2) is 5.91. The lowest BCUT2D eigenvalue weighted by molar-refractivity contribution is -0.385. The van der Waals surface area contributed by atoms with Crippen LogP contribution in [-0.2, 0) is 0 Å². The number of halogens is 3. The molecule has 0 atom stereocenters. The van der Waals surface area contributed by atoms with Crippen molar-refractivity contribution >= 4 is 11.4 Å². The number of nitro groups is 1. The van der Waals surface area contributed by atoms with Crippen molar-refractivity contribution in [1.29, 1.82) is 0 Å². The zero-order valence-corrected chi connectivity index (χ0v) is 11.6. The molecular formula is C14H17F3N2O2. The monoisotopic (exact) mass is 302 g/mol. The van der Waals surface area contributed by atoms with Crippen LogP contribution >= 0.6 is 0 Å². The van der Waals surface area contributed by atoms with Crippen molar-refractivity contribution in [3.05, 3.63) is 33.9 Å². The topological polar surface area (TPSA) is 55.2 Å². The molecule has 0 heterocycles. The number of anilines is 1. The highest BCUT2D eigenvalue weighted by atomic mass is 19.4. The zero-order chi connectivity index (χ0) is 15.6. The highest BCUT2D eigenvalue weighted by Gasteiger charge is 2.41. The molecule has 21 heavy (non-hydrogen) atoms. The zero-order valence-electron chi connectivity index (χ0n) is 11.6. The first kappa shape index (κ1) is 15.6. The van der Waals surface area contributed by atoms with Crippen LogP contribution in [0.5, 0.6) is 0 Å². The fourth-order valence-electron chi connectivity index (χ4n) is 2.75. The lowest BCUT2D eigenvalue weighted by atomic mass is 9.85. The van der Waals surface area contributed by atoms with E-state index in [-0.39, 0.29) is 24.6 Å². The number of aryl methyl sites for hydroxylation is 1. The summed E-state index contributed by atoms with van der Waals surface area (Å²) in [5, 5.41) is 13.9. The lowest BCUT2D eigenvalue weighted by Crippen LogP contribution is -2.32.